The summed E-state index contributed by atoms with van der Waals surface area (Å²) < 4.78 is 19.1. The molecule has 0 fully saturated rings. The van der Waals surface area contributed by atoms with E-state index >= 15 is 0 Å². The molecule has 2 aromatic rings. The van der Waals surface area contributed by atoms with Crippen molar-refractivity contribution in [2.24, 2.45) is 0 Å². The van der Waals surface area contributed by atoms with E-state index in [1.165, 1.54) is 11.0 Å². The van der Waals surface area contributed by atoms with Gasteiger partial charge in [0.1, 0.15) is 11.6 Å². The van der Waals surface area contributed by atoms with Gasteiger partial charge in [-0.1, -0.05) is 29.8 Å². The summed E-state index contributed by atoms with van der Waals surface area (Å²) in [5, 5.41) is 12.1. The number of anilines is 1. The zero-order valence-corrected chi connectivity index (χ0v) is 15.5. The number of halogens is 2. The number of hydrogen-bond donors (Lipinski definition) is 2. The second kappa shape index (κ2) is 9.40. The predicted molar refractivity (Wildman–Crippen MR) is 100 cm³/mol. The fourth-order valence-electron chi connectivity index (χ4n) is 2.46. The molecule has 140 valence electrons. The van der Waals surface area contributed by atoms with Gasteiger partial charge in [0.2, 0.25) is 0 Å². The molecular formula is C19H22ClFN2O3. The highest BCUT2D eigenvalue weighted by Gasteiger charge is 2.17. The Kier molecular flexibility index (Phi) is 7.24. The molecule has 2 amide bonds. The van der Waals surface area contributed by atoms with Crippen LogP contribution in [-0.4, -0.2) is 35.8 Å². The fourth-order valence-corrected chi connectivity index (χ4v) is 2.65. The Labute approximate surface area is 157 Å². The third-order valence-corrected chi connectivity index (χ3v) is 4.09. The summed E-state index contributed by atoms with van der Waals surface area (Å²) in [7, 11) is 0. The number of aryl methyl sites for hydroxylation is 1. The van der Waals surface area contributed by atoms with E-state index in [2.05, 4.69) is 5.32 Å². The summed E-state index contributed by atoms with van der Waals surface area (Å²) in [6, 6.07) is 9.58. The minimum absolute atomic E-state index is 0.111. The van der Waals surface area contributed by atoms with E-state index in [1.54, 1.807) is 6.92 Å². The molecular weight excluding hydrogens is 359 g/mol. The Morgan fingerprint density at radius 1 is 1.35 bits per heavy atom. The Balaban J connectivity index is 2.19. The number of para-hydroxylation sites is 1. The van der Waals surface area contributed by atoms with Crippen LogP contribution >= 0.6 is 11.6 Å². The molecule has 0 heterocycles. The Morgan fingerprint density at radius 2 is 2.08 bits per heavy atom. The second-order valence-electron chi connectivity index (χ2n) is 5.70. The van der Waals surface area contributed by atoms with Crippen LogP contribution in [0.5, 0.6) is 5.75 Å². The number of carbonyl (C=O) groups excluding carboxylic acids is 1. The molecule has 0 aliphatic heterocycles. The summed E-state index contributed by atoms with van der Waals surface area (Å²) in [6.45, 7) is 4.16. The van der Waals surface area contributed by atoms with Crippen molar-refractivity contribution in [3.8, 4) is 5.75 Å². The first-order valence-corrected chi connectivity index (χ1v) is 8.67. The molecule has 0 aromatic heterocycles. The maximum atomic E-state index is 13.5. The monoisotopic (exact) mass is 380 g/mol. The smallest absolute Gasteiger partial charge is 0.322 e. The number of hydrogen-bond acceptors (Lipinski definition) is 3. The van der Waals surface area contributed by atoms with E-state index < -0.39 is 11.8 Å². The van der Waals surface area contributed by atoms with Crippen molar-refractivity contribution in [1.82, 2.24) is 4.90 Å². The lowest BCUT2D eigenvalue weighted by molar-refractivity contribution is 0.184. The molecule has 0 atom stereocenters. The third-order valence-electron chi connectivity index (χ3n) is 3.78. The Hall–Kier alpha value is -2.31. The highest BCUT2D eigenvalue weighted by atomic mass is 35.5. The maximum Gasteiger partial charge on any atom is 0.322 e. The standard InChI is InChI=1S/C19H22ClFN2O3/c1-3-26-18-7-5-4-6-14(18)12-23(8-9-24)19(25)22-17-10-13(2)16(21)11-15(17)20/h4-7,10-11,24H,3,8-9,12H2,1-2H3,(H,22,25). The first-order chi connectivity index (χ1) is 12.5. The molecule has 26 heavy (non-hydrogen) atoms. The van der Waals surface area contributed by atoms with E-state index in [0.29, 0.717) is 23.6 Å². The number of carbonyl (C=O) groups is 1. The molecule has 0 aliphatic rings. The van der Waals surface area contributed by atoms with E-state index in [-0.39, 0.29) is 24.7 Å². The SMILES string of the molecule is CCOc1ccccc1CN(CCO)C(=O)Nc1cc(C)c(F)cc1Cl. The Morgan fingerprint density at radius 3 is 2.77 bits per heavy atom. The zero-order valence-electron chi connectivity index (χ0n) is 14.8. The van der Waals surface area contributed by atoms with Gasteiger partial charge in [0, 0.05) is 12.1 Å². The van der Waals surface area contributed by atoms with Gasteiger partial charge < -0.3 is 20.1 Å². The second-order valence-corrected chi connectivity index (χ2v) is 6.10. The summed E-state index contributed by atoms with van der Waals surface area (Å²) in [4.78, 5) is 14.1. The van der Waals surface area contributed by atoms with Crippen LogP contribution in [0.3, 0.4) is 0 Å². The lowest BCUT2D eigenvalue weighted by Gasteiger charge is -2.24. The topological polar surface area (TPSA) is 61.8 Å². The van der Waals surface area contributed by atoms with Crippen LogP contribution in [0.2, 0.25) is 5.02 Å². The van der Waals surface area contributed by atoms with Crippen molar-refractivity contribution >= 4 is 23.3 Å². The molecule has 0 spiro atoms. The van der Waals surface area contributed by atoms with Crippen LogP contribution in [0.25, 0.3) is 0 Å². The maximum absolute atomic E-state index is 13.5. The summed E-state index contributed by atoms with van der Waals surface area (Å²) in [5.41, 5.74) is 1.51. The zero-order chi connectivity index (χ0) is 19.1. The van der Waals surface area contributed by atoms with Crippen LogP contribution in [-0.2, 0) is 6.54 Å². The number of ether oxygens (including phenoxy) is 1. The third kappa shape index (κ3) is 5.09. The average Bonchev–Trinajstić information content (AvgIpc) is 2.61. The van der Waals surface area contributed by atoms with E-state index in [1.807, 2.05) is 31.2 Å². The average molecular weight is 381 g/mol. The van der Waals surface area contributed by atoms with Gasteiger partial charge in [0.15, 0.2) is 0 Å². The number of aliphatic hydroxyl groups is 1. The number of benzene rings is 2. The van der Waals surface area contributed by atoms with Gasteiger partial charge in [-0.3, -0.25) is 0 Å². The minimum atomic E-state index is -0.446. The Bertz CT molecular complexity index is 770. The molecule has 0 saturated carbocycles. The molecule has 2 rings (SSSR count). The number of aliphatic hydroxyl groups excluding tert-OH is 1. The summed E-state index contributed by atoms with van der Waals surface area (Å²) in [6.07, 6.45) is 0. The van der Waals surface area contributed by atoms with Crippen LogP contribution in [0, 0.1) is 12.7 Å². The van der Waals surface area contributed by atoms with Gasteiger partial charge in [0.05, 0.1) is 30.5 Å². The molecule has 5 nitrogen and oxygen atoms in total. The quantitative estimate of drug-likeness (QED) is 0.756. The molecule has 0 bridgehead atoms. The van der Waals surface area contributed by atoms with Gasteiger partial charge in [-0.2, -0.15) is 0 Å². The fraction of sp³-hybridized carbons (Fsp3) is 0.316. The molecule has 0 saturated heterocycles. The van der Waals surface area contributed by atoms with Crippen LogP contribution in [0.1, 0.15) is 18.1 Å². The number of amides is 2. The van der Waals surface area contributed by atoms with Crippen molar-refractivity contribution in [2.45, 2.75) is 20.4 Å². The molecule has 0 aliphatic carbocycles. The van der Waals surface area contributed by atoms with Gasteiger partial charge in [-0.15, -0.1) is 0 Å². The molecule has 7 heteroatoms. The van der Waals surface area contributed by atoms with Gasteiger partial charge >= 0.3 is 6.03 Å². The van der Waals surface area contributed by atoms with Crippen molar-refractivity contribution in [2.75, 3.05) is 25.1 Å². The van der Waals surface area contributed by atoms with Crippen molar-refractivity contribution < 1.29 is 19.0 Å². The van der Waals surface area contributed by atoms with Crippen LogP contribution < -0.4 is 10.1 Å². The van der Waals surface area contributed by atoms with Crippen LogP contribution in [0.4, 0.5) is 14.9 Å². The molecule has 0 unspecified atom stereocenters. The van der Waals surface area contributed by atoms with Gasteiger partial charge in [-0.05, 0) is 37.6 Å². The summed E-state index contributed by atoms with van der Waals surface area (Å²) >= 11 is 6.01. The highest BCUT2D eigenvalue weighted by Crippen LogP contribution is 2.26. The number of urea groups is 1. The first kappa shape index (κ1) is 20.0. The molecule has 2 N–H and O–H groups in total. The lowest BCUT2D eigenvalue weighted by Crippen LogP contribution is -2.36. The predicted octanol–water partition coefficient (Wildman–Crippen LogP) is 4.21. The van der Waals surface area contributed by atoms with E-state index in [0.717, 1.165) is 11.6 Å². The summed E-state index contributed by atoms with van der Waals surface area (Å²) in [5.74, 6) is 0.243. The normalized spacial score (nSPS) is 10.5. The van der Waals surface area contributed by atoms with Crippen molar-refractivity contribution in [1.29, 1.82) is 0 Å². The number of rotatable bonds is 7. The van der Waals surface area contributed by atoms with E-state index in [9.17, 15) is 14.3 Å². The van der Waals surface area contributed by atoms with Crippen molar-refractivity contribution in [3.05, 3.63) is 58.4 Å². The molecule has 0 radical (unpaired) electrons. The van der Waals surface area contributed by atoms with E-state index in [4.69, 9.17) is 16.3 Å². The number of nitrogens with one attached hydrogen (secondary N) is 1. The van der Waals surface area contributed by atoms with Crippen molar-refractivity contribution in [3.63, 3.8) is 0 Å². The van der Waals surface area contributed by atoms with Gasteiger partial charge in [0.25, 0.3) is 0 Å². The van der Waals surface area contributed by atoms with Gasteiger partial charge in [-0.25, -0.2) is 9.18 Å². The lowest BCUT2D eigenvalue weighted by atomic mass is 10.2. The molecule has 2 aromatic carbocycles. The highest BCUT2D eigenvalue weighted by molar-refractivity contribution is 6.33. The first-order valence-electron chi connectivity index (χ1n) is 8.29. The van der Waals surface area contributed by atoms with Crippen LogP contribution in [0.15, 0.2) is 36.4 Å². The minimum Gasteiger partial charge on any atom is -0.494 e. The number of nitrogens with zero attached hydrogens (tertiary/aromatic N) is 1. The largest absolute Gasteiger partial charge is 0.494 e.